The molecule has 2 fully saturated rings. The Morgan fingerprint density at radius 3 is 2.82 bits per heavy atom. The van der Waals surface area contributed by atoms with E-state index in [2.05, 4.69) is 12.1 Å². The summed E-state index contributed by atoms with van der Waals surface area (Å²) in [5, 5.41) is 10.3. The summed E-state index contributed by atoms with van der Waals surface area (Å²) in [7, 11) is 1.66. The molecule has 1 N–H and O–H groups in total. The maximum absolute atomic E-state index is 10.3. The minimum absolute atomic E-state index is 0.474. The van der Waals surface area contributed by atoms with Crippen LogP contribution in [0.25, 0.3) is 0 Å². The third-order valence-corrected chi connectivity index (χ3v) is 3.85. The van der Waals surface area contributed by atoms with Crippen LogP contribution in [0.15, 0.2) is 18.2 Å². The van der Waals surface area contributed by atoms with Gasteiger partial charge >= 0.3 is 0 Å². The summed E-state index contributed by atoms with van der Waals surface area (Å²) in [5.74, 6) is 1.27. The van der Waals surface area contributed by atoms with Gasteiger partial charge in [0.2, 0.25) is 0 Å². The molecule has 0 spiro atoms. The second-order valence-corrected chi connectivity index (χ2v) is 5.05. The molecule has 17 heavy (non-hydrogen) atoms. The molecule has 1 atom stereocenters. The number of aliphatic hydroxyl groups is 1. The number of rotatable bonds is 3. The molecule has 0 radical (unpaired) electrons. The average molecular weight is 234 g/mol. The maximum atomic E-state index is 10.3. The van der Waals surface area contributed by atoms with Gasteiger partial charge in [-0.3, -0.25) is 0 Å². The number of methoxy groups -OCH3 is 1. The van der Waals surface area contributed by atoms with Crippen LogP contribution in [-0.4, -0.2) is 25.4 Å². The van der Waals surface area contributed by atoms with Gasteiger partial charge in [-0.25, -0.2) is 0 Å². The third-order valence-electron chi connectivity index (χ3n) is 3.85. The van der Waals surface area contributed by atoms with Crippen LogP contribution >= 0.6 is 0 Å². The molecule has 3 rings (SSSR count). The fraction of sp³-hybridized carbons (Fsp3) is 0.571. The van der Waals surface area contributed by atoms with Gasteiger partial charge in [0.1, 0.15) is 5.75 Å². The monoisotopic (exact) mass is 234 g/mol. The smallest absolute Gasteiger partial charge is 0.124 e. The predicted molar refractivity (Wildman–Crippen MR) is 64.3 cm³/mol. The van der Waals surface area contributed by atoms with E-state index in [1.807, 2.05) is 6.07 Å². The molecule has 0 aromatic heterocycles. The van der Waals surface area contributed by atoms with Crippen molar-refractivity contribution < 1.29 is 14.6 Å². The van der Waals surface area contributed by atoms with Crippen molar-refractivity contribution in [1.29, 1.82) is 0 Å². The fourth-order valence-corrected chi connectivity index (χ4v) is 2.53. The SMILES string of the molecule is COc1ccc(C2CCOC2)cc1C1(O)CC1. The molecule has 92 valence electrons. The van der Waals surface area contributed by atoms with Gasteiger partial charge in [-0.2, -0.15) is 0 Å². The zero-order valence-corrected chi connectivity index (χ0v) is 10.1. The molecule has 0 amide bonds. The van der Waals surface area contributed by atoms with E-state index in [0.717, 1.165) is 43.8 Å². The minimum Gasteiger partial charge on any atom is -0.496 e. The molecular formula is C14H18O3. The minimum atomic E-state index is -0.638. The second kappa shape index (κ2) is 4.00. The van der Waals surface area contributed by atoms with Crippen molar-refractivity contribution in [2.75, 3.05) is 20.3 Å². The molecule has 1 saturated heterocycles. The van der Waals surface area contributed by atoms with Crippen molar-refractivity contribution in [3.63, 3.8) is 0 Å². The quantitative estimate of drug-likeness (QED) is 0.871. The highest BCUT2D eigenvalue weighted by Gasteiger charge is 2.44. The number of hydrogen-bond donors (Lipinski definition) is 1. The van der Waals surface area contributed by atoms with Crippen molar-refractivity contribution in [3.05, 3.63) is 29.3 Å². The van der Waals surface area contributed by atoms with E-state index in [0.29, 0.717) is 5.92 Å². The highest BCUT2D eigenvalue weighted by molar-refractivity contribution is 5.44. The van der Waals surface area contributed by atoms with Crippen LogP contribution in [0.2, 0.25) is 0 Å². The van der Waals surface area contributed by atoms with Crippen LogP contribution in [-0.2, 0) is 10.3 Å². The number of hydrogen-bond acceptors (Lipinski definition) is 3. The van der Waals surface area contributed by atoms with Gasteiger partial charge in [-0.05, 0) is 37.0 Å². The lowest BCUT2D eigenvalue weighted by Gasteiger charge is -2.17. The summed E-state index contributed by atoms with van der Waals surface area (Å²) in [4.78, 5) is 0. The Kier molecular flexibility index (Phi) is 2.60. The van der Waals surface area contributed by atoms with E-state index in [4.69, 9.17) is 9.47 Å². The molecule has 3 nitrogen and oxygen atoms in total. The van der Waals surface area contributed by atoms with Gasteiger partial charge in [0.25, 0.3) is 0 Å². The lowest BCUT2D eigenvalue weighted by atomic mass is 9.94. The first-order valence-corrected chi connectivity index (χ1v) is 6.21. The highest BCUT2D eigenvalue weighted by Crippen LogP contribution is 2.49. The average Bonchev–Trinajstić information content (AvgIpc) is 2.91. The van der Waals surface area contributed by atoms with Crippen molar-refractivity contribution in [3.8, 4) is 5.75 Å². The Labute approximate surface area is 101 Å². The molecule has 1 aromatic rings. The van der Waals surface area contributed by atoms with E-state index < -0.39 is 5.60 Å². The summed E-state index contributed by atoms with van der Waals surface area (Å²) >= 11 is 0. The molecular weight excluding hydrogens is 216 g/mol. The molecule has 2 aliphatic rings. The van der Waals surface area contributed by atoms with Crippen LogP contribution in [0.1, 0.15) is 36.3 Å². The topological polar surface area (TPSA) is 38.7 Å². The fourth-order valence-electron chi connectivity index (χ4n) is 2.53. The molecule has 3 heteroatoms. The maximum Gasteiger partial charge on any atom is 0.124 e. The summed E-state index contributed by atoms with van der Waals surface area (Å²) in [6.07, 6.45) is 2.76. The summed E-state index contributed by atoms with van der Waals surface area (Å²) < 4.78 is 10.8. The van der Waals surface area contributed by atoms with Crippen LogP contribution < -0.4 is 4.74 Å². The summed E-state index contributed by atoms with van der Waals surface area (Å²) in [6, 6.07) is 6.16. The lowest BCUT2D eigenvalue weighted by Crippen LogP contribution is -2.09. The van der Waals surface area contributed by atoms with E-state index in [-0.39, 0.29) is 0 Å². The third kappa shape index (κ3) is 1.94. The molecule has 1 saturated carbocycles. The zero-order valence-electron chi connectivity index (χ0n) is 10.1. The van der Waals surface area contributed by atoms with Crippen LogP contribution in [0, 0.1) is 0 Å². The second-order valence-electron chi connectivity index (χ2n) is 5.05. The standard InChI is InChI=1S/C14H18O3/c1-16-13-3-2-10(11-4-7-17-9-11)8-12(13)14(15)5-6-14/h2-3,8,11,15H,4-7,9H2,1H3. The van der Waals surface area contributed by atoms with Gasteiger partial charge in [-0.15, -0.1) is 0 Å². The summed E-state index contributed by atoms with van der Waals surface area (Å²) in [5.41, 5.74) is 1.57. The van der Waals surface area contributed by atoms with Gasteiger partial charge in [0.15, 0.2) is 0 Å². The van der Waals surface area contributed by atoms with Crippen LogP contribution in [0.3, 0.4) is 0 Å². The molecule has 1 aliphatic heterocycles. The predicted octanol–water partition coefficient (Wildman–Crippen LogP) is 2.18. The number of ether oxygens (including phenoxy) is 2. The van der Waals surface area contributed by atoms with Gasteiger partial charge in [0, 0.05) is 18.1 Å². The molecule has 1 aromatic carbocycles. The van der Waals surface area contributed by atoms with Gasteiger partial charge in [0.05, 0.1) is 19.3 Å². The Bertz CT molecular complexity index is 417. The Morgan fingerprint density at radius 1 is 1.41 bits per heavy atom. The summed E-state index contributed by atoms with van der Waals surface area (Å²) in [6.45, 7) is 1.64. The zero-order chi connectivity index (χ0) is 11.9. The van der Waals surface area contributed by atoms with E-state index in [1.54, 1.807) is 7.11 Å². The number of benzene rings is 1. The van der Waals surface area contributed by atoms with E-state index >= 15 is 0 Å². The van der Waals surface area contributed by atoms with Crippen molar-refractivity contribution in [1.82, 2.24) is 0 Å². The Hall–Kier alpha value is -1.06. The van der Waals surface area contributed by atoms with Crippen LogP contribution in [0.5, 0.6) is 5.75 Å². The first kappa shape index (κ1) is 11.1. The molecule has 1 heterocycles. The highest BCUT2D eigenvalue weighted by atomic mass is 16.5. The van der Waals surface area contributed by atoms with Crippen molar-refractivity contribution in [2.24, 2.45) is 0 Å². The Balaban J connectivity index is 1.96. The lowest BCUT2D eigenvalue weighted by molar-refractivity contribution is 0.147. The molecule has 1 unspecified atom stereocenters. The normalized spacial score (nSPS) is 25.9. The first-order valence-electron chi connectivity index (χ1n) is 6.21. The first-order chi connectivity index (χ1) is 8.23. The molecule has 1 aliphatic carbocycles. The molecule has 0 bridgehead atoms. The van der Waals surface area contributed by atoms with E-state index in [9.17, 15) is 5.11 Å². The largest absolute Gasteiger partial charge is 0.496 e. The van der Waals surface area contributed by atoms with Gasteiger partial charge in [-0.1, -0.05) is 6.07 Å². The van der Waals surface area contributed by atoms with E-state index in [1.165, 1.54) is 5.56 Å². The Morgan fingerprint density at radius 2 is 2.24 bits per heavy atom. The van der Waals surface area contributed by atoms with Crippen molar-refractivity contribution in [2.45, 2.75) is 30.8 Å². The van der Waals surface area contributed by atoms with Crippen LogP contribution in [0.4, 0.5) is 0 Å². The van der Waals surface area contributed by atoms with Gasteiger partial charge < -0.3 is 14.6 Å². The van der Waals surface area contributed by atoms with Crippen molar-refractivity contribution >= 4 is 0 Å².